The molecule has 1 N–H and O–H groups in total. The lowest BCUT2D eigenvalue weighted by Gasteiger charge is -2.26. The second-order valence-corrected chi connectivity index (χ2v) is 7.11. The van der Waals surface area contributed by atoms with E-state index in [0.29, 0.717) is 11.0 Å². The SMILES string of the molecule is Cn1ncc2c(=O)n(CC(=O)N[C@H]3CCSc4ccccc43)cnc21. The van der Waals surface area contributed by atoms with Crippen LogP contribution in [0.2, 0.25) is 0 Å². The Morgan fingerprint density at radius 2 is 2.24 bits per heavy atom. The number of aromatic nitrogens is 4. The molecule has 0 radical (unpaired) electrons. The van der Waals surface area contributed by atoms with Crippen molar-refractivity contribution in [3.8, 4) is 0 Å². The lowest BCUT2D eigenvalue weighted by Crippen LogP contribution is -2.35. The van der Waals surface area contributed by atoms with Crippen molar-refractivity contribution < 1.29 is 4.79 Å². The van der Waals surface area contributed by atoms with Crippen LogP contribution in [0, 0.1) is 0 Å². The summed E-state index contributed by atoms with van der Waals surface area (Å²) in [6.45, 7) is -0.0531. The summed E-state index contributed by atoms with van der Waals surface area (Å²) in [5.41, 5.74) is 1.40. The highest BCUT2D eigenvalue weighted by Crippen LogP contribution is 2.35. The summed E-state index contributed by atoms with van der Waals surface area (Å²) in [5.74, 6) is 0.768. The number of carbonyl (C=O) groups excluding carboxylic acids is 1. The van der Waals surface area contributed by atoms with Gasteiger partial charge in [0.2, 0.25) is 5.91 Å². The van der Waals surface area contributed by atoms with Gasteiger partial charge in [0, 0.05) is 17.7 Å². The summed E-state index contributed by atoms with van der Waals surface area (Å²) >= 11 is 1.80. The quantitative estimate of drug-likeness (QED) is 0.770. The fourth-order valence-corrected chi connectivity index (χ4v) is 4.19. The zero-order chi connectivity index (χ0) is 17.4. The maximum atomic E-state index is 12.5. The average Bonchev–Trinajstić information content (AvgIpc) is 2.99. The standard InChI is InChI=1S/C17H17N5O2S/c1-21-16-12(8-19-21)17(24)22(10-18-16)9-15(23)20-13-6-7-25-14-5-3-2-4-11(13)14/h2-5,8,10,13H,6-7,9H2,1H3,(H,20,23)/t13-/m0/s1. The largest absolute Gasteiger partial charge is 0.348 e. The van der Waals surface area contributed by atoms with Gasteiger partial charge in [0.25, 0.3) is 5.56 Å². The summed E-state index contributed by atoms with van der Waals surface area (Å²) in [6.07, 6.45) is 3.76. The molecule has 1 atom stereocenters. The van der Waals surface area contributed by atoms with Crippen molar-refractivity contribution in [2.75, 3.05) is 5.75 Å². The van der Waals surface area contributed by atoms with Gasteiger partial charge in [-0.3, -0.25) is 18.8 Å². The first kappa shape index (κ1) is 15.9. The first-order valence-electron chi connectivity index (χ1n) is 8.02. The van der Waals surface area contributed by atoms with Gasteiger partial charge >= 0.3 is 0 Å². The van der Waals surface area contributed by atoms with Crippen LogP contribution in [0.4, 0.5) is 0 Å². The topological polar surface area (TPSA) is 81.8 Å². The van der Waals surface area contributed by atoms with Crippen LogP contribution >= 0.6 is 11.8 Å². The number of aryl methyl sites for hydroxylation is 1. The lowest BCUT2D eigenvalue weighted by molar-refractivity contribution is -0.122. The van der Waals surface area contributed by atoms with Crippen molar-refractivity contribution in [2.24, 2.45) is 7.05 Å². The number of hydrogen-bond donors (Lipinski definition) is 1. The van der Waals surface area contributed by atoms with Gasteiger partial charge in [-0.2, -0.15) is 5.10 Å². The van der Waals surface area contributed by atoms with Gasteiger partial charge in [0.05, 0.1) is 12.2 Å². The zero-order valence-corrected chi connectivity index (χ0v) is 14.5. The number of amides is 1. The fraction of sp³-hybridized carbons (Fsp3) is 0.294. The van der Waals surface area contributed by atoms with Gasteiger partial charge in [-0.1, -0.05) is 18.2 Å². The first-order valence-corrected chi connectivity index (χ1v) is 9.00. The van der Waals surface area contributed by atoms with Crippen LogP contribution in [0.3, 0.4) is 0 Å². The van der Waals surface area contributed by atoms with E-state index in [1.165, 1.54) is 26.7 Å². The Morgan fingerprint density at radius 3 is 3.12 bits per heavy atom. The highest BCUT2D eigenvalue weighted by atomic mass is 32.2. The Morgan fingerprint density at radius 1 is 1.40 bits per heavy atom. The molecule has 1 amide bonds. The van der Waals surface area contributed by atoms with Gasteiger partial charge in [0.15, 0.2) is 5.65 Å². The summed E-state index contributed by atoms with van der Waals surface area (Å²) in [5, 5.41) is 7.49. The van der Waals surface area contributed by atoms with Crippen molar-refractivity contribution in [3.05, 3.63) is 52.7 Å². The Kier molecular flexibility index (Phi) is 4.04. The molecule has 8 heteroatoms. The molecule has 2 aromatic heterocycles. The molecule has 0 bridgehead atoms. The Bertz CT molecular complexity index is 1010. The molecule has 128 valence electrons. The molecule has 1 aliphatic rings. The van der Waals surface area contributed by atoms with Gasteiger partial charge in [-0.05, 0) is 18.1 Å². The molecular weight excluding hydrogens is 338 g/mol. The van der Waals surface area contributed by atoms with Crippen LogP contribution in [0.15, 0.2) is 46.5 Å². The Balaban J connectivity index is 1.54. The van der Waals surface area contributed by atoms with Crippen LogP contribution in [0.5, 0.6) is 0 Å². The molecule has 7 nitrogen and oxygen atoms in total. The van der Waals surface area contributed by atoms with Crippen molar-refractivity contribution in [1.82, 2.24) is 24.6 Å². The number of hydrogen-bond acceptors (Lipinski definition) is 5. The molecule has 0 spiro atoms. The normalized spacial score (nSPS) is 16.6. The molecule has 0 unspecified atom stereocenters. The minimum atomic E-state index is -0.257. The fourth-order valence-electron chi connectivity index (χ4n) is 3.07. The van der Waals surface area contributed by atoms with Crippen LogP contribution in [0.1, 0.15) is 18.0 Å². The number of rotatable bonds is 3. The maximum absolute atomic E-state index is 12.5. The lowest BCUT2D eigenvalue weighted by atomic mass is 10.0. The van der Waals surface area contributed by atoms with Gasteiger partial charge in [0.1, 0.15) is 18.3 Å². The predicted octanol–water partition coefficient (Wildman–Crippen LogP) is 1.48. The summed E-state index contributed by atoms with van der Waals surface area (Å²) in [4.78, 5) is 30.3. The molecule has 3 aromatic rings. The van der Waals surface area contributed by atoms with Gasteiger partial charge in [-0.15, -0.1) is 11.8 Å². The molecular formula is C17H17N5O2S. The molecule has 3 heterocycles. The summed E-state index contributed by atoms with van der Waals surface area (Å²) in [6, 6.07) is 8.08. The van der Waals surface area contributed by atoms with Crippen LogP contribution in [-0.2, 0) is 18.4 Å². The van der Waals surface area contributed by atoms with E-state index >= 15 is 0 Å². The van der Waals surface area contributed by atoms with E-state index in [4.69, 9.17) is 0 Å². The minimum Gasteiger partial charge on any atom is -0.348 e. The Hall–Kier alpha value is -2.61. The third-order valence-corrected chi connectivity index (χ3v) is 5.45. The van der Waals surface area contributed by atoms with Crippen LogP contribution in [-0.4, -0.2) is 31.0 Å². The van der Waals surface area contributed by atoms with Gasteiger partial charge < -0.3 is 5.32 Å². The van der Waals surface area contributed by atoms with Crippen LogP contribution < -0.4 is 10.9 Å². The molecule has 0 saturated heterocycles. The van der Waals surface area contributed by atoms with E-state index in [2.05, 4.69) is 21.5 Å². The Labute approximate surface area is 148 Å². The number of carbonyl (C=O) groups is 1. The summed E-state index contributed by atoms with van der Waals surface area (Å²) in [7, 11) is 1.73. The first-order chi connectivity index (χ1) is 12.1. The van der Waals surface area contributed by atoms with E-state index in [-0.39, 0.29) is 24.1 Å². The van der Waals surface area contributed by atoms with Crippen molar-refractivity contribution in [1.29, 1.82) is 0 Å². The summed E-state index contributed by atoms with van der Waals surface area (Å²) < 4.78 is 2.86. The number of nitrogens with one attached hydrogen (secondary N) is 1. The number of thioether (sulfide) groups is 1. The molecule has 0 saturated carbocycles. The highest BCUT2D eigenvalue weighted by molar-refractivity contribution is 7.99. The van der Waals surface area contributed by atoms with Gasteiger partial charge in [-0.25, -0.2) is 4.98 Å². The molecule has 0 fully saturated rings. The molecule has 1 aromatic carbocycles. The van der Waals surface area contributed by atoms with Crippen molar-refractivity contribution in [3.63, 3.8) is 0 Å². The van der Waals surface area contributed by atoms with E-state index in [9.17, 15) is 9.59 Å². The average molecular weight is 355 g/mol. The van der Waals surface area contributed by atoms with E-state index in [1.54, 1.807) is 18.8 Å². The molecule has 0 aliphatic carbocycles. The molecule has 25 heavy (non-hydrogen) atoms. The van der Waals surface area contributed by atoms with E-state index in [0.717, 1.165) is 17.7 Å². The number of benzene rings is 1. The third kappa shape index (κ3) is 2.93. The number of fused-ring (bicyclic) bond motifs is 2. The van der Waals surface area contributed by atoms with E-state index < -0.39 is 0 Å². The molecule has 4 rings (SSSR count). The molecule has 1 aliphatic heterocycles. The maximum Gasteiger partial charge on any atom is 0.264 e. The zero-order valence-electron chi connectivity index (χ0n) is 13.7. The highest BCUT2D eigenvalue weighted by Gasteiger charge is 2.22. The third-order valence-electron chi connectivity index (χ3n) is 4.33. The van der Waals surface area contributed by atoms with Crippen molar-refractivity contribution >= 4 is 28.7 Å². The van der Waals surface area contributed by atoms with Crippen molar-refractivity contribution in [2.45, 2.75) is 23.9 Å². The smallest absolute Gasteiger partial charge is 0.264 e. The number of nitrogens with zero attached hydrogens (tertiary/aromatic N) is 4. The van der Waals surface area contributed by atoms with E-state index in [1.807, 2.05) is 18.2 Å². The predicted molar refractivity (Wildman–Crippen MR) is 95.4 cm³/mol. The van der Waals surface area contributed by atoms with Crippen LogP contribution in [0.25, 0.3) is 11.0 Å². The monoisotopic (exact) mass is 355 g/mol. The second kappa shape index (κ2) is 6.36. The second-order valence-electron chi connectivity index (χ2n) is 5.98. The minimum absolute atomic E-state index is 0.0178.